The number of hydrogen-bond acceptors (Lipinski definition) is 7. The van der Waals surface area contributed by atoms with Crippen molar-refractivity contribution in [2.45, 2.75) is 13.3 Å². The van der Waals surface area contributed by atoms with Gasteiger partial charge in [0, 0.05) is 0 Å². The fourth-order valence-electron chi connectivity index (χ4n) is 4.88. The van der Waals surface area contributed by atoms with Gasteiger partial charge in [-0.2, -0.15) is 0 Å². The average Bonchev–Trinajstić information content (AvgIpc) is 3.30. The molecule has 0 saturated carbocycles. The zero-order valence-corrected chi connectivity index (χ0v) is 22.6. The third-order valence-electron chi connectivity index (χ3n) is 6.71. The summed E-state index contributed by atoms with van der Waals surface area (Å²) in [6.45, 7) is 7.62. The van der Waals surface area contributed by atoms with Gasteiger partial charge in [-0.15, -0.1) is 0 Å². The summed E-state index contributed by atoms with van der Waals surface area (Å²) in [5.74, 6) is 0.0551. The number of methoxy groups -OCH3 is 2. The topological polar surface area (TPSA) is 71.5 Å². The fraction of sp³-hybridized carbons (Fsp3) is 0.276. The second-order valence-corrected chi connectivity index (χ2v) is 11.9. The van der Waals surface area contributed by atoms with Crippen LogP contribution in [0.5, 0.6) is 11.5 Å². The first-order valence-corrected chi connectivity index (χ1v) is 14.2. The van der Waals surface area contributed by atoms with E-state index >= 15 is 0 Å². The predicted octanol–water partition coefficient (Wildman–Crippen LogP) is 5.45. The van der Waals surface area contributed by atoms with Crippen molar-refractivity contribution in [3.8, 4) is 11.5 Å². The predicted molar refractivity (Wildman–Crippen MR) is 151 cm³/mol. The zero-order valence-electron chi connectivity index (χ0n) is 21.6. The molecule has 1 atom stereocenters. The summed E-state index contributed by atoms with van der Waals surface area (Å²) >= 11 is 0. The average molecular weight is 523 g/mol. The number of hydrogen-bond donors (Lipinski definition) is 1. The minimum absolute atomic E-state index is 0.231. The van der Waals surface area contributed by atoms with Gasteiger partial charge in [0.25, 0.3) is 0 Å². The summed E-state index contributed by atoms with van der Waals surface area (Å²) in [6.07, 6.45) is 0.284. The van der Waals surface area contributed by atoms with E-state index in [2.05, 4.69) is 6.58 Å². The SMILES string of the molecule is C=C(C(Cc1cc(OC)cc(OC)c1)C(=O)OCC)[PH]1(O)N(c2ccccc2)CCN1c1ccccc1. The van der Waals surface area contributed by atoms with Gasteiger partial charge in [-0.1, -0.05) is 0 Å². The van der Waals surface area contributed by atoms with Crippen LogP contribution in [-0.2, 0) is 16.0 Å². The number of carbonyl (C=O) groups excluding carboxylic acids is 1. The van der Waals surface area contributed by atoms with Crippen molar-refractivity contribution in [2.24, 2.45) is 5.92 Å². The van der Waals surface area contributed by atoms with Gasteiger partial charge in [0.2, 0.25) is 0 Å². The Balaban J connectivity index is 1.79. The van der Waals surface area contributed by atoms with Crippen LogP contribution in [0.1, 0.15) is 12.5 Å². The van der Waals surface area contributed by atoms with Gasteiger partial charge >= 0.3 is 219 Å². The van der Waals surface area contributed by atoms with Gasteiger partial charge in [-0.25, -0.2) is 0 Å². The first kappa shape index (κ1) is 26.5. The molecule has 1 fully saturated rings. The molecule has 0 amide bonds. The molecule has 8 heteroatoms. The number of para-hydroxylation sites is 2. The molecule has 3 aromatic carbocycles. The van der Waals surface area contributed by atoms with Crippen molar-refractivity contribution in [3.63, 3.8) is 0 Å². The summed E-state index contributed by atoms with van der Waals surface area (Å²) in [6, 6.07) is 25.1. The number of nitrogens with zero attached hydrogens (tertiary/aromatic N) is 2. The Morgan fingerprint density at radius 2 is 1.41 bits per heavy atom. The number of benzene rings is 3. The van der Waals surface area contributed by atoms with E-state index in [1.165, 1.54) is 0 Å². The van der Waals surface area contributed by atoms with E-state index in [-0.39, 0.29) is 13.0 Å². The molecule has 0 radical (unpaired) electrons. The third kappa shape index (κ3) is 5.43. The number of rotatable bonds is 10. The van der Waals surface area contributed by atoms with Crippen LogP contribution in [0.15, 0.2) is 90.8 Å². The molecule has 0 aliphatic carbocycles. The minimum atomic E-state index is -3.67. The monoisotopic (exact) mass is 522 g/mol. The molecule has 3 aromatic rings. The maximum absolute atomic E-state index is 13.4. The first-order chi connectivity index (χ1) is 17.9. The van der Waals surface area contributed by atoms with Crippen molar-refractivity contribution >= 4 is 25.1 Å². The van der Waals surface area contributed by atoms with Crippen molar-refractivity contribution in [3.05, 3.63) is 96.3 Å². The summed E-state index contributed by atoms with van der Waals surface area (Å²) < 4.78 is 20.4. The molecule has 0 bridgehead atoms. The molecule has 7 nitrogen and oxygen atoms in total. The Kier molecular flexibility index (Phi) is 8.37. The molecule has 1 aliphatic rings. The summed E-state index contributed by atoms with van der Waals surface area (Å²) in [7, 11) is -0.499. The maximum atomic E-state index is 13.4. The Bertz CT molecular complexity index is 1150. The van der Waals surface area contributed by atoms with Crippen LogP contribution in [0.25, 0.3) is 0 Å². The summed E-state index contributed by atoms with van der Waals surface area (Å²) in [4.78, 5) is 26.1. The third-order valence-corrected chi connectivity index (χ3v) is 10.4. The zero-order chi connectivity index (χ0) is 26.4. The Labute approximate surface area is 219 Å². The van der Waals surface area contributed by atoms with E-state index in [1.54, 1.807) is 27.2 Å². The van der Waals surface area contributed by atoms with E-state index in [9.17, 15) is 9.69 Å². The van der Waals surface area contributed by atoms with Crippen LogP contribution in [0.4, 0.5) is 11.4 Å². The van der Waals surface area contributed by atoms with Gasteiger partial charge in [-0.3, -0.25) is 0 Å². The molecule has 196 valence electrons. The molecule has 1 N–H and O–H groups in total. The quantitative estimate of drug-likeness (QED) is 0.280. The normalized spacial score (nSPS) is 16.1. The Morgan fingerprint density at radius 1 is 0.919 bits per heavy atom. The van der Waals surface area contributed by atoms with E-state index in [0.29, 0.717) is 29.9 Å². The summed E-state index contributed by atoms with van der Waals surface area (Å²) in [5.41, 5.74) is 2.60. The van der Waals surface area contributed by atoms with E-state index < -0.39 is 19.7 Å². The van der Waals surface area contributed by atoms with Crippen LogP contribution in [0, 0.1) is 5.92 Å². The van der Waals surface area contributed by atoms with Crippen LogP contribution in [0.3, 0.4) is 0 Å². The van der Waals surface area contributed by atoms with Gasteiger partial charge < -0.3 is 0 Å². The molecule has 0 aromatic heterocycles. The van der Waals surface area contributed by atoms with Crippen molar-refractivity contribution in [1.82, 2.24) is 0 Å². The van der Waals surface area contributed by atoms with E-state index in [0.717, 1.165) is 16.9 Å². The summed E-state index contributed by atoms with van der Waals surface area (Å²) in [5, 5.41) is 0.470. The number of esters is 1. The standard InChI is InChI=1S/C29H35N2O5P/c1-5-36-29(32)28(20-23-18-26(34-3)21-27(19-23)35-4)22(2)37(33)30(24-12-8-6-9-13-24)16-17-31(37)25-14-10-7-11-15-25/h6-15,18-19,21,28,33,37H,2,5,16-17,20H2,1,3-4H3. The number of anilines is 2. The molecule has 1 aliphatic heterocycles. The molecular weight excluding hydrogens is 487 g/mol. The van der Waals surface area contributed by atoms with Gasteiger partial charge in [0.1, 0.15) is 0 Å². The van der Waals surface area contributed by atoms with Crippen LogP contribution in [-0.4, -0.2) is 44.8 Å². The van der Waals surface area contributed by atoms with Crippen LogP contribution >= 0.6 is 7.79 Å². The van der Waals surface area contributed by atoms with Crippen molar-refractivity contribution in [1.29, 1.82) is 0 Å². The second kappa shape index (κ2) is 11.7. The van der Waals surface area contributed by atoms with Crippen molar-refractivity contribution < 1.29 is 23.9 Å². The molecule has 37 heavy (non-hydrogen) atoms. The molecule has 1 saturated heterocycles. The molecule has 0 spiro atoms. The van der Waals surface area contributed by atoms with Gasteiger partial charge in [0.15, 0.2) is 0 Å². The van der Waals surface area contributed by atoms with E-state index in [1.807, 2.05) is 82.1 Å². The second-order valence-electron chi connectivity index (χ2n) is 8.86. The Morgan fingerprint density at radius 3 is 1.84 bits per heavy atom. The van der Waals surface area contributed by atoms with Crippen molar-refractivity contribution in [2.75, 3.05) is 43.3 Å². The molecule has 1 heterocycles. The number of ether oxygens (including phenoxy) is 3. The molecule has 1 unspecified atom stereocenters. The molecule has 4 rings (SSSR count). The fourth-order valence-corrected chi connectivity index (χ4v) is 8.40. The first-order valence-electron chi connectivity index (χ1n) is 12.4. The van der Waals surface area contributed by atoms with Crippen LogP contribution in [0.2, 0.25) is 0 Å². The molecular formula is C29H35N2O5P. The van der Waals surface area contributed by atoms with E-state index in [4.69, 9.17) is 14.2 Å². The number of carbonyl (C=O) groups is 1. The van der Waals surface area contributed by atoms with Crippen LogP contribution < -0.4 is 18.8 Å². The van der Waals surface area contributed by atoms with Gasteiger partial charge in [-0.05, 0) is 0 Å². The van der Waals surface area contributed by atoms with Gasteiger partial charge in [0.05, 0.1) is 0 Å². The Hall–Kier alpha value is -3.54.